The van der Waals surface area contributed by atoms with Crippen molar-refractivity contribution in [2.24, 2.45) is 0 Å². The number of halogens is 3. The molecule has 1 aromatic rings. The topological polar surface area (TPSA) is 47.3 Å². The number of alkyl halides is 3. The van der Waals surface area contributed by atoms with E-state index in [1.165, 1.54) is 0 Å². The monoisotopic (exact) mass is 280 g/mol. The molecule has 0 aromatic carbocycles. The van der Waals surface area contributed by atoms with E-state index in [0.29, 0.717) is 13.0 Å². The lowest BCUT2D eigenvalue weighted by atomic mass is 10.1. The molecule has 1 unspecified atom stereocenters. The average Bonchev–Trinajstić information content (AvgIpc) is 2.63. The summed E-state index contributed by atoms with van der Waals surface area (Å²) in [5.74, 6) is 0. The molecule has 0 radical (unpaired) electrons. The van der Waals surface area contributed by atoms with E-state index in [0.717, 1.165) is 11.4 Å². The molecule has 1 rings (SSSR count). The molecule has 0 saturated carbocycles. The molecule has 0 aliphatic rings. The van der Waals surface area contributed by atoms with Crippen LogP contribution >= 0.6 is 0 Å². The van der Waals surface area contributed by atoms with E-state index < -0.39 is 18.9 Å². The van der Waals surface area contributed by atoms with Crippen molar-refractivity contribution >= 4 is 0 Å². The Morgan fingerprint density at radius 3 is 2.74 bits per heavy atom. The summed E-state index contributed by atoms with van der Waals surface area (Å²) in [6.45, 7) is 3.11. The Balaban J connectivity index is 2.32. The van der Waals surface area contributed by atoms with E-state index in [1.54, 1.807) is 4.68 Å². The molecule has 1 heterocycles. The van der Waals surface area contributed by atoms with Crippen molar-refractivity contribution in [1.29, 1.82) is 0 Å². The highest BCUT2D eigenvalue weighted by Gasteiger charge is 2.27. The molecule has 7 heteroatoms. The zero-order chi connectivity index (χ0) is 14.5. The molecule has 0 saturated heterocycles. The van der Waals surface area contributed by atoms with Crippen molar-refractivity contribution in [3.63, 3.8) is 0 Å². The van der Waals surface area contributed by atoms with Crippen LogP contribution in [-0.4, -0.2) is 40.4 Å². The summed E-state index contributed by atoms with van der Waals surface area (Å²) in [6, 6.07) is 1.86. The molecule has 4 nitrogen and oxygen atoms in total. The van der Waals surface area contributed by atoms with Crippen LogP contribution in [0.15, 0.2) is 6.07 Å². The Labute approximate surface area is 110 Å². The van der Waals surface area contributed by atoms with Crippen molar-refractivity contribution in [1.82, 2.24) is 9.78 Å². The first-order chi connectivity index (χ1) is 8.81. The van der Waals surface area contributed by atoms with Crippen molar-refractivity contribution in [3.05, 3.63) is 17.5 Å². The Bertz CT molecular complexity index is 391. The fourth-order valence-corrected chi connectivity index (χ4v) is 1.79. The predicted octanol–water partition coefficient (Wildman–Crippen LogP) is 2.08. The molecule has 19 heavy (non-hydrogen) atoms. The average molecular weight is 280 g/mol. The number of hydrogen-bond acceptors (Lipinski definition) is 3. The molecular formula is C12H19F3N2O2. The lowest BCUT2D eigenvalue weighted by molar-refractivity contribution is -0.175. The van der Waals surface area contributed by atoms with E-state index in [1.807, 2.05) is 19.9 Å². The van der Waals surface area contributed by atoms with E-state index in [4.69, 9.17) is 0 Å². The Kier molecular flexibility index (Phi) is 5.81. The number of nitrogens with zero attached hydrogens (tertiary/aromatic N) is 2. The van der Waals surface area contributed by atoms with Crippen LogP contribution in [0.2, 0.25) is 0 Å². The van der Waals surface area contributed by atoms with Crippen molar-refractivity contribution in [2.75, 3.05) is 13.2 Å². The quantitative estimate of drug-likeness (QED) is 0.778. The third-order valence-electron chi connectivity index (χ3n) is 2.59. The van der Waals surface area contributed by atoms with E-state index >= 15 is 0 Å². The largest absolute Gasteiger partial charge is 0.411 e. The molecule has 0 aliphatic heterocycles. The van der Waals surface area contributed by atoms with Gasteiger partial charge >= 0.3 is 6.18 Å². The van der Waals surface area contributed by atoms with Gasteiger partial charge in [0, 0.05) is 25.3 Å². The normalized spacial score (nSPS) is 13.8. The van der Waals surface area contributed by atoms with E-state index in [2.05, 4.69) is 9.84 Å². The third kappa shape index (κ3) is 6.07. The van der Waals surface area contributed by atoms with E-state index in [9.17, 15) is 18.3 Å². The predicted molar refractivity (Wildman–Crippen MR) is 63.8 cm³/mol. The van der Waals surface area contributed by atoms with Gasteiger partial charge < -0.3 is 9.84 Å². The minimum Gasteiger partial charge on any atom is -0.393 e. The van der Waals surface area contributed by atoms with Gasteiger partial charge in [-0.05, 0) is 26.3 Å². The van der Waals surface area contributed by atoms with Crippen LogP contribution in [0.5, 0.6) is 0 Å². The summed E-state index contributed by atoms with van der Waals surface area (Å²) in [7, 11) is 0. The van der Waals surface area contributed by atoms with Crippen molar-refractivity contribution in [3.8, 4) is 0 Å². The van der Waals surface area contributed by atoms with Crippen molar-refractivity contribution < 1.29 is 23.0 Å². The first kappa shape index (κ1) is 16.0. The third-order valence-corrected chi connectivity index (χ3v) is 2.59. The molecule has 1 aromatic heterocycles. The number of rotatable bonds is 7. The number of aryl methyl sites for hydroxylation is 2. The van der Waals surface area contributed by atoms with Crippen LogP contribution < -0.4 is 0 Å². The lowest BCUT2D eigenvalue weighted by Crippen LogP contribution is -2.21. The number of ether oxygens (including phenoxy) is 1. The second-order valence-corrected chi connectivity index (χ2v) is 4.41. The Morgan fingerprint density at radius 2 is 2.16 bits per heavy atom. The summed E-state index contributed by atoms with van der Waals surface area (Å²) in [4.78, 5) is 0. The van der Waals surface area contributed by atoms with Gasteiger partial charge in [0.05, 0.1) is 11.8 Å². The lowest BCUT2D eigenvalue weighted by Gasteiger charge is -2.12. The Hall–Kier alpha value is -1.08. The molecule has 1 atom stereocenters. The standard InChI is InChI=1S/C12H19F3N2O2/c1-3-17-10(6-9(2)16-17)7-11(18)4-5-19-8-12(13,14)15/h6,11,18H,3-5,7-8H2,1-2H3. The summed E-state index contributed by atoms with van der Waals surface area (Å²) < 4.78 is 41.7. The fraction of sp³-hybridized carbons (Fsp3) is 0.750. The molecule has 1 N–H and O–H groups in total. The van der Waals surface area contributed by atoms with Crippen LogP contribution in [-0.2, 0) is 17.7 Å². The highest BCUT2D eigenvalue weighted by molar-refractivity contribution is 5.09. The minimum absolute atomic E-state index is 0.111. The maximum Gasteiger partial charge on any atom is 0.411 e. The molecule has 0 spiro atoms. The van der Waals surface area contributed by atoms with Gasteiger partial charge in [-0.15, -0.1) is 0 Å². The maximum atomic E-state index is 11.8. The molecule has 0 aliphatic carbocycles. The number of aromatic nitrogens is 2. The SMILES string of the molecule is CCn1nc(C)cc1CC(O)CCOCC(F)(F)F. The molecule has 110 valence electrons. The molecule has 0 fully saturated rings. The first-order valence-electron chi connectivity index (χ1n) is 6.17. The van der Waals surface area contributed by atoms with Gasteiger partial charge in [-0.3, -0.25) is 4.68 Å². The fourth-order valence-electron chi connectivity index (χ4n) is 1.79. The van der Waals surface area contributed by atoms with Gasteiger partial charge in [0.15, 0.2) is 0 Å². The van der Waals surface area contributed by atoms with E-state index in [-0.39, 0.29) is 13.0 Å². The van der Waals surface area contributed by atoms with Crippen LogP contribution in [0.25, 0.3) is 0 Å². The second-order valence-electron chi connectivity index (χ2n) is 4.41. The summed E-state index contributed by atoms with van der Waals surface area (Å²) in [5, 5.41) is 14.0. The summed E-state index contributed by atoms with van der Waals surface area (Å²) in [5.41, 5.74) is 1.74. The van der Waals surface area contributed by atoms with Crippen LogP contribution in [0.1, 0.15) is 24.7 Å². The zero-order valence-electron chi connectivity index (χ0n) is 11.1. The zero-order valence-corrected chi connectivity index (χ0v) is 11.1. The smallest absolute Gasteiger partial charge is 0.393 e. The van der Waals surface area contributed by atoms with Gasteiger partial charge in [0.2, 0.25) is 0 Å². The highest BCUT2D eigenvalue weighted by Crippen LogP contribution is 2.15. The van der Waals surface area contributed by atoms with Crippen LogP contribution in [0.4, 0.5) is 13.2 Å². The van der Waals surface area contributed by atoms with Gasteiger partial charge in [-0.2, -0.15) is 18.3 Å². The second kappa shape index (κ2) is 6.91. The Morgan fingerprint density at radius 1 is 1.47 bits per heavy atom. The molecular weight excluding hydrogens is 261 g/mol. The number of aliphatic hydroxyl groups is 1. The minimum atomic E-state index is -4.32. The summed E-state index contributed by atoms with van der Waals surface area (Å²) >= 11 is 0. The first-order valence-corrected chi connectivity index (χ1v) is 6.17. The number of hydrogen-bond donors (Lipinski definition) is 1. The maximum absolute atomic E-state index is 11.8. The van der Waals surface area contributed by atoms with Gasteiger partial charge in [-0.1, -0.05) is 0 Å². The molecule has 0 bridgehead atoms. The van der Waals surface area contributed by atoms with Crippen LogP contribution in [0.3, 0.4) is 0 Å². The summed E-state index contributed by atoms with van der Waals surface area (Å²) in [6.07, 6.45) is -4.51. The van der Waals surface area contributed by atoms with Crippen LogP contribution in [0, 0.1) is 6.92 Å². The van der Waals surface area contributed by atoms with Gasteiger partial charge in [-0.25, -0.2) is 0 Å². The van der Waals surface area contributed by atoms with Gasteiger partial charge in [0.25, 0.3) is 0 Å². The molecule has 0 amide bonds. The highest BCUT2D eigenvalue weighted by atomic mass is 19.4. The van der Waals surface area contributed by atoms with Gasteiger partial charge in [0.1, 0.15) is 6.61 Å². The van der Waals surface area contributed by atoms with Crippen molar-refractivity contribution in [2.45, 2.75) is 45.5 Å². The number of aliphatic hydroxyl groups excluding tert-OH is 1.